The maximum Gasteiger partial charge on any atom is 0.131 e. The molecule has 0 unspecified atom stereocenters. The highest BCUT2D eigenvalue weighted by atomic mass is 32.1. The molecule has 18 heavy (non-hydrogen) atoms. The maximum atomic E-state index is 5.94. The molecule has 0 saturated carbocycles. The van der Waals surface area contributed by atoms with Crippen molar-refractivity contribution in [2.24, 2.45) is 5.73 Å². The number of hydrogen-bond acceptors (Lipinski definition) is 4. The van der Waals surface area contributed by atoms with Crippen LogP contribution in [0.5, 0.6) is 5.75 Å². The molecule has 1 atom stereocenters. The van der Waals surface area contributed by atoms with E-state index in [-0.39, 0.29) is 6.04 Å². The molecule has 4 heteroatoms. The lowest BCUT2D eigenvalue weighted by Gasteiger charge is -2.14. The van der Waals surface area contributed by atoms with E-state index in [0.29, 0.717) is 6.61 Å². The normalized spacial score (nSPS) is 12.4. The monoisotopic (exact) mass is 262 g/mol. The van der Waals surface area contributed by atoms with Crippen molar-refractivity contribution in [1.29, 1.82) is 0 Å². The summed E-state index contributed by atoms with van der Waals surface area (Å²) in [5, 5.41) is 3.08. The van der Waals surface area contributed by atoms with Gasteiger partial charge in [-0.1, -0.05) is 12.1 Å². The van der Waals surface area contributed by atoms with Gasteiger partial charge in [-0.2, -0.15) is 0 Å². The molecule has 1 aromatic heterocycles. The third kappa shape index (κ3) is 3.09. The molecule has 2 aromatic rings. The smallest absolute Gasteiger partial charge is 0.131 e. The molecule has 0 amide bonds. The Balaban J connectivity index is 2.15. The number of hydrogen-bond donors (Lipinski definition) is 1. The van der Waals surface area contributed by atoms with Crippen LogP contribution in [0.4, 0.5) is 0 Å². The number of benzene rings is 1. The zero-order valence-electron chi connectivity index (χ0n) is 10.9. The fourth-order valence-electron chi connectivity index (χ4n) is 1.77. The number of aryl methyl sites for hydroxylation is 2. The second-order valence-corrected chi connectivity index (χ2v) is 5.54. The van der Waals surface area contributed by atoms with Crippen LogP contribution >= 0.6 is 11.3 Å². The zero-order chi connectivity index (χ0) is 13.1. The second-order valence-electron chi connectivity index (χ2n) is 4.48. The molecule has 3 nitrogen and oxygen atoms in total. The second kappa shape index (κ2) is 5.50. The minimum Gasteiger partial charge on any atom is -0.487 e. The largest absolute Gasteiger partial charge is 0.487 e. The van der Waals surface area contributed by atoms with E-state index >= 15 is 0 Å². The number of ether oxygens (including phenoxy) is 1. The van der Waals surface area contributed by atoms with Crippen molar-refractivity contribution >= 4 is 11.3 Å². The van der Waals surface area contributed by atoms with E-state index in [0.717, 1.165) is 22.0 Å². The Morgan fingerprint density at radius 1 is 1.39 bits per heavy atom. The summed E-state index contributed by atoms with van der Waals surface area (Å²) in [6, 6.07) is 6.08. The molecule has 2 rings (SSSR count). The van der Waals surface area contributed by atoms with Gasteiger partial charge in [0.25, 0.3) is 0 Å². The van der Waals surface area contributed by atoms with Crippen LogP contribution in [0.3, 0.4) is 0 Å². The van der Waals surface area contributed by atoms with Gasteiger partial charge in [-0.15, -0.1) is 11.3 Å². The minimum absolute atomic E-state index is 0.0298. The summed E-state index contributed by atoms with van der Waals surface area (Å²) in [6.45, 7) is 6.50. The van der Waals surface area contributed by atoms with Crippen LogP contribution in [0.25, 0.3) is 0 Å². The van der Waals surface area contributed by atoms with E-state index in [1.165, 1.54) is 5.56 Å². The highest BCUT2D eigenvalue weighted by molar-refractivity contribution is 7.09. The van der Waals surface area contributed by atoms with Crippen molar-refractivity contribution in [3.8, 4) is 5.75 Å². The number of nitrogens with two attached hydrogens (primary N) is 1. The van der Waals surface area contributed by atoms with Gasteiger partial charge in [-0.3, -0.25) is 0 Å². The summed E-state index contributed by atoms with van der Waals surface area (Å²) in [4.78, 5) is 4.38. The molecule has 0 bridgehead atoms. The number of aromatic nitrogens is 1. The molecule has 2 N–H and O–H groups in total. The topological polar surface area (TPSA) is 48.1 Å². The van der Waals surface area contributed by atoms with Crippen molar-refractivity contribution in [2.75, 3.05) is 0 Å². The van der Waals surface area contributed by atoms with Crippen LogP contribution < -0.4 is 10.5 Å². The molecular weight excluding hydrogens is 244 g/mol. The zero-order valence-corrected chi connectivity index (χ0v) is 11.8. The minimum atomic E-state index is -0.0298. The van der Waals surface area contributed by atoms with Gasteiger partial charge < -0.3 is 10.5 Å². The van der Waals surface area contributed by atoms with Crippen LogP contribution in [-0.2, 0) is 6.61 Å². The van der Waals surface area contributed by atoms with Crippen LogP contribution in [0.2, 0.25) is 0 Å². The van der Waals surface area contributed by atoms with E-state index in [1.807, 2.05) is 38.3 Å². The average molecular weight is 262 g/mol. The van der Waals surface area contributed by atoms with Crippen LogP contribution in [0, 0.1) is 13.8 Å². The van der Waals surface area contributed by atoms with Crippen LogP contribution in [0.1, 0.15) is 34.8 Å². The van der Waals surface area contributed by atoms with Crippen molar-refractivity contribution < 1.29 is 4.74 Å². The van der Waals surface area contributed by atoms with Gasteiger partial charge in [0.2, 0.25) is 0 Å². The highest BCUT2D eigenvalue weighted by Gasteiger charge is 2.09. The maximum absolute atomic E-state index is 5.94. The molecular formula is C14H18N2OS. The first-order valence-electron chi connectivity index (χ1n) is 5.96. The molecule has 0 radical (unpaired) electrons. The third-order valence-corrected chi connectivity index (χ3v) is 3.52. The SMILES string of the molecule is Cc1ccc([C@H](C)N)c(OCc2csc(C)n2)c1. The van der Waals surface area contributed by atoms with Crippen molar-refractivity contribution in [3.63, 3.8) is 0 Å². The predicted molar refractivity (Wildman–Crippen MR) is 75.0 cm³/mol. The van der Waals surface area contributed by atoms with Crippen molar-refractivity contribution in [2.45, 2.75) is 33.4 Å². The van der Waals surface area contributed by atoms with Crippen molar-refractivity contribution in [3.05, 3.63) is 45.4 Å². The van der Waals surface area contributed by atoms with E-state index in [4.69, 9.17) is 10.5 Å². The summed E-state index contributed by atoms with van der Waals surface area (Å²) in [7, 11) is 0. The Kier molecular flexibility index (Phi) is 3.99. The average Bonchev–Trinajstić information content (AvgIpc) is 2.72. The lowest BCUT2D eigenvalue weighted by Crippen LogP contribution is -2.08. The Morgan fingerprint density at radius 3 is 2.78 bits per heavy atom. The number of thiazole rings is 1. The molecule has 0 fully saturated rings. The molecule has 96 valence electrons. The van der Waals surface area contributed by atoms with Gasteiger partial charge in [0.1, 0.15) is 12.4 Å². The van der Waals surface area contributed by atoms with Crippen LogP contribution in [0.15, 0.2) is 23.6 Å². The molecule has 0 spiro atoms. The molecule has 1 heterocycles. The fraction of sp³-hybridized carbons (Fsp3) is 0.357. The third-order valence-electron chi connectivity index (χ3n) is 2.70. The van der Waals surface area contributed by atoms with Gasteiger partial charge in [0, 0.05) is 17.0 Å². The molecule has 0 saturated heterocycles. The molecule has 0 aliphatic heterocycles. The fourth-order valence-corrected chi connectivity index (χ4v) is 2.37. The van der Waals surface area contributed by atoms with E-state index in [2.05, 4.69) is 11.1 Å². The van der Waals surface area contributed by atoms with E-state index in [9.17, 15) is 0 Å². The summed E-state index contributed by atoms with van der Waals surface area (Å²) < 4.78 is 5.84. The number of rotatable bonds is 4. The first-order chi connectivity index (χ1) is 8.56. The van der Waals surface area contributed by atoms with Gasteiger partial charge in [0.05, 0.1) is 10.7 Å². The lowest BCUT2D eigenvalue weighted by atomic mass is 10.1. The van der Waals surface area contributed by atoms with Crippen molar-refractivity contribution in [1.82, 2.24) is 4.98 Å². The summed E-state index contributed by atoms with van der Waals surface area (Å²) in [5.74, 6) is 0.857. The first-order valence-corrected chi connectivity index (χ1v) is 6.84. The first kappa shape index (κ1) is 13.1. The van der Waals surface area contributed by atoms with Gasteiger partial charge in [-0.05, 0) is 32.4 Å². The quantitative estimate of drug-likeness (QED) is 0.919. The Labute approximate surface area is 112 Å². The Morgan fingerprint density at radius 2 is 2.17 bits per heavy atom. The Bertz CT molecular complexity index is 534. The number of nitrogens with zero attached hydrogens (tertiary/aromatic N) is 1. The standard InChI is InChI=1S/C14H18N2OS/c1-9-4-5-13(10(2)15)14(6-9)17-7-12-8-18-11(3)16-12/h4-6,8,10H,7,15H2,1-3H3/t10-/m0/s1. The molecule has 1 aromatic carbocycles. The van der Waals surface area contributed by atoms with Crippen LogP contribution in [-0.4, -0.2) is 4.98 Å². The summed E-state index contributed by atoms with van der Waals surface area (Å²) in [5.41, 5.74) is 9.12. The van der Waals surface area contributed by atoms with Gasteiger partial charge >= 0.3 is 0 Å². The lowest BCUT2D eigenvalue weighted by molar-refractivity contribution is 0.297. The van der Waals surface area contributed by atoms with E-state index < -0.39 is 0 Å². The van der Waals surface area contributed by atoms with Gasteiger partial charge in [-0.25, -0.2) is 4.98 Å². The summed E-state index contributed by atoms with van der Waals surface area (Å²) in [6.07, 6.45) is 0. The van der Waals surface area contributed by atoms with E-state index in [1.54, 1.807) is 11.3 Å². The van der Waals surface area contributed by atoms with Gasteiger partial charge in [0.15, 0.2) is 0 Å². The molecule has 0 aliphatic rings. The molecule has 0 aliphatic carbocycles. The summed E-state index contributed by atoms with van der Waals surface area (Å²) >= 11 is 1.64. The Hall–Kier alpha value is -1.39. The highest BCUT2D eigenvalue weighted by Crippen LogP contribution is 2.26. The predicted octanol–water partition coefficient (Wildman–Crippen LogP) is 3.36.